The molecule has 8 heteroatoms. The van der Waals surface area contributed by atoms with Crippen LogP contribution in [0.15, 0.2) is 35.1 Å². The third kappa shape index (κ3) is 4.75. The molecule has 0 atom stereocenters. The Hall–Kier alpha value is -2.15. The summed E-state index contributed by atoms with van der Waals surface area (Å²) in [5.74, 6) is 1.57. The number of aromatic amines is 1. The van der Waals surface area contributed by atoms with Gasteiger partial charge >= 0.3 is 5.69 Å². The molecule has 0 spiro atoms. The fourth-order valence-electron chi connectivity index (χ4n) is 5.09. The SMILES string of the molecule is CC1(C)Cc2cc(Cl)cc(OCCCN3CCC(n4c(=O)[nH]c5cc(Cl)ccc54)CC3)c2O1. The number of likely N-dealkylation sites (tertiary alicyclic amines) is 1. The summed E-state index contributed by atoms with van der Waals surface area (Å²) in [5, 5.41) is 1.31. The standard InChI is InChI=1S/C25H29Cl2N3O3/c1-25(2)15-16-12-18(27)14-22(23(16)33-25)32-11-3-8-29-9-6-19(7-10-29)30-21-5-4-17(26)13-20(21)28-24(30)31/h4-5,12-14,19H,3,6-11,15H2,1-2H3,(H,28,31). The summed E-state index contributed by atoms with van der Waals surface area (Å²) in [5.41, 5.74) is 2.55. The van der Waals surface area contributed by atoms with Gasteiger partial charge in [0.15, 0.2) is 11.5 Å². The van der Waals surface area contributed by atoms with Gasteiger partial charge in [-0.1, -0.05) is 23.2 Å². The highest BCUT2D eigenvalue weighted by molar-refractivity contribution is 6.31. The van der Waals surface area contributed by atoms with E-state index in [9.17, 15) is 4.79 Å². The van der Waals surface area contributed by atoms with E-state index >= 15 is 0 Å². The van der Waals surface area contributed by atoms with Crippen LogP contribution < -0.4 is 15.2 Å². The number of rotatable bonds is 6. The number of piperidine rings is 1. The molecule has 2 aliphatic rings. The molecule has 0 radical (unpaired) electrons. The molecule has 1 fully saturated rings. The monoisotopic (exact) mass is 489 g/mol. The van der Waals surface area contributed by atoms with Crippen molar-refractivity contribution in [2.24, 2.45) is 0 Å². The average molecular weight is 490 g/mol. The first-order valence-corrected chi connectivity index (χ1v) is 12.3. The first kappa shape index (κ1) is 22.6. The van der Waals surface area contributed by atoms with Crippen molar-refractivity contribution in [3.05, 3.63) is 56.4 Å². The number of benzene rings is 2. The van der Waals surface area contributed by atoms with Gasteiger partial charge in [-0.25, -0.2) is 4.79 Å². The minimum Gasteiger partial charge on any atom is -0.490 e. The van der Waals surface area contributed by atoms with E-state index < -0.39 is 0 Å². The molecule has 5 rings (SSSR count). The highest BCUT2D eigenvalue weighted by atomic mass is 35.5. The predicted molar refractivity (Wildman–Crippen MR) is 132 cm³/mol. The maximum absolute atomic E-state index is 12.5. The lowest BCUT2D eigenvalue weighted by atomic mass is 10.0. The number of nitrogens with zero attached hydrogens (tertiary/aromatic N) is 2. The lowest BCUT2D eigenvalue weighted by molar-refractivity contribution is 0.130. The second-order valence-corrected chi connectivity index (χ2v) is 10.5. The summed E-state index contributed by atoms with van der Waals surface area (Å²) in [6.07, 6.45) is 3.64. The summed E-state index contributed by atoms with van der Waals surface area (Å²) in [4.78, 5) is 17.9. The van der Waals surface area contributed by atoms with Gasteiger partial charge in [0.1, 0.15) is 5.60 Å². The molecule has 0 aliphatic carbocycles. The number of aromatic nitrogens is 2. The van der Waals surface area contributed by atoms with Gasteiger partial charge in [0.25, 0.3) is 0 Å². The van der Waals surface area contributed by atoms with E-state index in [0.717, 1.165) is 73.4 Å². The number of nitrogens with one attached hydrogen (secondary N) is 1. The molecule has 0 bridgehead atoms. The average Bonchev–Trinajstić information content (AvgIpc) is 3.25. The van der Waals surface area contributed by atoms with Crippen molar-refractivity contribution in [2.75, 3.05) is 26.2 Å². The zero-order chi connectivity index (χ0) is 23.2. The summed E-state index contributed by atoms with van der Waals surface area (Å²) < 4.78 is 14.1. The second kappa shape index (κ2) is 8.90. The normalized spacial score (nSPS) is 18.4. The minimum absolute atomic E-state index is 0.0569. The third-order valence-electron chi connectivity index (χ3n) is 6.57. The van der Waals surface area contributed by atoms with E-state index in [2.05, 4.69) is 23.7 Å². The van der Waals surface area contributed by atoms with Gasteiger partial charge in [-0.05, 0) is 57.4 Å². The number of ether oxygens (including phenoxy) is 2. The molecule has 0 saturated carbocycles. The van der Waals surface area contributed by atoms with Gasteiger partial charge in [-0.2, -0.15) is 0 Å². The van der Waals surface area contributed by atoms with Gasteiger partial charge in [0.05, 0.1) is 17.6 Å². The van der Waals surface area contributed by atoms with Crippen molar-refractivity contribution < 1.29 is 9.47 Å². The van der Waals surface area contributed by atoms with Crippen LogP contribution in [0.5, 0.6) is 11.5 Å². The third-order valence-corrected chi connectivity index (χ3v) is 7.02. The Morgan fingerprint density at radius 1 is 1.15 bits per heavy atom. The Bertz CT molecular complexity index is 1230. The predicted octanol–water partition coefficient (Wildman–Crippen LogP) is 5.46. The Balaban J connectivity index is 1.13. The first-order valence-electron chi connectivity index (χ1n) is 11.6. The van der Waals surface area contributed by atoms with E-state index in [1.807, 2.05) is 34.9 Å². The Morgan fingerprint density at radius 2 is 1.94 bits per heavy atom. The molecule has 3 aromatic rings. The van der Waals surface area contributed by atoms with Gasteiger partial charge < -0.3 is 19.4 Å². The molecule has 33 heavy (non-hydrogen) atoms. The van der Waals surface area contributed by atoms with Crippen LogP contribution in [0.3, 0.4) is 0 Å². The van der Waals surface area contributed by atoms with E-state index in [-0.39, 0.29) is 17.3 Å². The van der Waals surface area contributed by atoms with E-state index in [0.29, 0.717) is 16.7 Å². The van der Waals surface area contributed by atoms with Crippen LogP contribution in [-0.2, 0) is 6.42 Å². The molecule has 2 aromatic carbocycles. The van der Waals surface area contributed by atoms with Crippen LogP contribution in [0.4, 0.5) is 0 Å². The van der Waals surface area contributed by atoms with Crippen LogP contribution >= 0.6 is 23.2 Å². The topological polar surface area (TPSA) is 59.5 Å². The number of hydrogen-bond donors (Lipinski definition) is 1. The molecule has 2 aliphatic heterocycles. The lowest BCUT2D eigenvalue weighted by Crippen LogP contribution is -2.37. The van der Waals surface area contributed by atoms with E-state index in [1.54, 1.807) is 0 Å². The van der Waals surface area contributed by atoms with Gasteiger partial charge in [0.2, 0.25) is 0 Å². The Morgan fingerprint density at radius 3 is 2.73 bits per heavy atom. The van der Waals surface area contributed by atoms with Crippen LogP contribution in [-0.4, -0.2) is 46.3 Å². The highest BCUT2D eigenvalue weighted by Gasteiger charge is 2.33. The number of hydrogen-bond acceptors (Lipinski definition) is 4. The van der Waals surface area contributed by atoms with Crippen LogP contribution in [0.25, 0.3) is 11.0 Å². The fraction of sp³-hybridized carbons (Fsp3) is 0.480. The lowest BCUT2D eigenvalue weighted by Gasteiger charge is -2.32. The smallest absolute Gasteiger partial charge is 0.326 e. The van der Waals surface area contributed by atoms with Crippen LogP contribution in [0.2, 0.25) is 10.0 Å². The number of H-pyrrole nitrogens is 1. The molecule has 1 N–H and O–H groups in total. The number of fused-ring (bicyclic) bond motifs is 2. The summed E-state index contributed by atoms with van der Waals surface area (Å²) >= 11 is 12.4. The zero-order valence-corrected chi connectivity index (χ0v) is 20.5. The first-order chi connectivity index (χ1) is 15.8. The van der Waals surface area contributed by atoms with Crippen LogP contribution in [0.1, 0.15) is 44.7 Å². The number of imidazole rings is 1. The number of halogens is 2. The molecule has 0 amide bonds. The quantitative estimate of drug-likeness (QED) is 0.467. The zero-order valence-electron chi connectivity index (χ0n) is 19.0. The van der Waals surface area contributed by atoms with Crippen molar-refractivity contribution in [3.63, 3.8) is 0 Å². The molecule has 3 heterocycles. The van der Waals surface area contributed by atoms with Crippen molar-refractivity contribution >= 4 is 34.2 Å². The summed E-state index contributed by atoms with van der Waals surface area (Å²) in [6.45, 7) is 7.64. The van der Waals surface area contributed by atoms with E-state index in [4.69, 9.17) is 32.7 Å². The van der Waals surface area contributed by atoms with Crippen molar-refractivity contribution in [2.45, 2.75) is 51.2 Å². The van der Waals surface area contributed by atoms with E-state index in [1.165, 1.54) is 0 Å². The van der Waals surface area contributed by atoms with Gasteiger partial charge in [-0.3, -0.25) is 4.57 Å². The fourth-order valence-corrected chi connectivity index (χ4v) is 5.49. The molecule has 176 valence electrons. The molecular weight excluding hydrogens is 461 g/mol. The maximum Gasteiger partial charge on any atom is 0.326 e. The van der Waals surface area contributed by atoms with Crippen molar-refractivity contribution in [3.8, 4) is 11.5 Å². The Kier molecular flexibility index (Phi) is 6.10. The van der Waals surface area contributed by atoms with Gasteiger partial charge in [-0.15, -0.1) is 0 Å². The minimum atomic E-state index is -0.228. The summed E-state index contributed by atoms with van der Waals surface area (Å²) in [7, 11) is 0. The Labute approximate surface area is 203 Å². The molecular formula is C25H29Cl2N3O3. The van der Waals surface area contributed by atoms with Crippen molar-refractivity contribution in [1.29, 1.82) is 0 Å². The largest absolute Gasteiger partial charge is 0.490 e. The van der Waals surface area contributed by atoms with Crippen LogP contribution in [0, 0.1) is 0 Å². The van der Waals surface area contributed by atoms with Gasteiger partial charge in [0, 0.05) is 53.8 Å². The molecule has 1 saturated heterocycles. The summed E-state index contributed by atoms with van der Waals surface area (Å²) in [6, 6.07) is 9.59. The molecule has 1 aromatic heterocycles. The molecule has 6 nitrogen and oxygen atoms in total. The second-order valence-electron chi connectivity index (χ2n) is 9.67. The maximum atomic E-state index is 12.5. The highest BCUT2D eigenvalue weighted by Crippen LogP contribution is 2.43. The van der Waals surface area contributed by atoms with Crippen molar-refractivity contribution in [1.82, 2.24) is 14.5 Å². The molecule has 0 unspecified atom stereocenters.